The van der Waals surface area contributed by atoms with Gasteiger partial charge in [0, 0.05) is 13.7 Å². The van der Waals surface area contributed by atoms with E-state index in [4.69, 9.17) is 16.3 Å². The predicted molar refractivity (Wildman–Crippen MR) is 74.7 cm³/mol. The molecule has 0 amide bonds. The second-order valence-corrected chi connectivity index (χ2v) is 6.46. The Morgan fingerprint density at radius 3 is 3.06 bits per heavy atom. The van der Waals surface area contributed by atoms with E-state index in [2.05, 4.69) is 4.90 Å². The first-order valence-electron chi connectivity index (χ1n) is 6.14. The van der Waals surface area contributed by atoms with Gasteiger partial charge in [-0.05, 0) is 37.9 Å². The molecule has 0 aromatic carbocycles. The van der Waals surface area contributed by atoms with Crippen molar-refractivity contribution in [1.29, 1.82) is 0 Å². The Morgan fingerprint density at radius 2 is 2.44 bits per heavy atom. The van der Waals surface area contributed by atoms with Crippen LogP contribution < -0.4 is 0 Å². The lowest BCUT2D eigenvalue weighted by molar-refractivity contribution is 0.0856. The summed E-state index contributed by atoms with van der Waals surface area (Å²) < 4.78 is 5.85. The van der Waals surface area contributed by atoms with Crippen molar-refractivity contribution in [3.63, 3.8) is 0 Å². The van der Waals surface area contributed by atoms with E-state index in [0.717, 1.165) is 31.0 Å². The summed E-state index contributed by atoms with van der Waals surface area (Å²) in [6.45, 7) is 4.67. The van der Waals surface area contributed by atoms with Crippen molar-refractivity contribution < 1.29 is 9.53 Å². The lowest BCUT2D eigenvalue weighted by Gasteiger charge is -2.22. The van der Waals surface area contributed by atoms with Gasteiger partial charge >= 0.3 is 0 Å². The van der Waals surface area contributed by atoms with Gasteiger partial charge in [-0.25, -0.2) is 0 Å². The molecule has 1 fully saturated rings. The van der Waals surface area contributed by atoms with Gasteiger partial charge in [-0.15, -0.1) is 11.3 Å². The maximum atomic E-state index is 12.3. The topological polar surface area (TPSA) is 29.5 Å². The number of Topliss-reactive ketones (excluding diaryl/α,β-unsaturated/α-hetero) is 1. The van der Waals surface area contributed by atoms with Crippen LogP contribution in [0.25, 0.3) is 0 Å². The van der Waals surface area contributed by atoms with E-state index in [0.29, 0.717) is 10.3 Å². The van der Waals surface area contributed by atoms with Gasteiger partial charge in [0.1, 0.15) is 0 Å². The number of carbonyl (C=O) groups excluding carboxylic acids is 1. The molecule has 2 unspecified atom stereocenters. The number of halogens is 1. The Morgan fingerprint density at radius 1 is 1.67 bits per heavy atom. The molecule has 1 aliphatic heterocycles. The van der Waals surface area contributed by atoms with E-state index in [9.17, 15) is 4.79 Å². The number of nitrogens with zero attached hydrogens (tertiary/aromatic N) is 1. The summed E-state index contributed by atoms with van der Waals surface area (Å²) in [5, 5.41) is 0. The highest BCUT2D eigenvalue weighted by atomic mass is 35.5. The van der Waals surface area contributed by atoms with Crippen molar-refractivity contribution in [2.45, 2.75) is 19.4 Å². The standard InChI is InChI=1S/C13H18ClNO2S/c1-9(13(16)11-3-4-12(14)18-11)15-6-5-10(7-15)8-17-2/h3-4,9-10H,5-8H2,1-2H3. The molecule has 0 bridgehead atoms. The van der Waals surface area contributed by atoms with Crippen LogP contribution in [0.2, 0.25) is 4.34 Å². The van der Waals surface area contributed by atoms with E-state index in [1.165, 1.54) is 11.3 Å². The molecule has 1 aromatic heterocycles. The van der Waals surface area contributed by atoms with E-state index in [-0.39, 0.29) is 11.8 Å². The van der Waals surface area contributed by atoms with Crippen LogP contribution in [0.15, 0.2) is 12.1 Å². The lowest BCUT2D eigenvalue weighted by atomic mass is 10.1. The first-order chi connectivity index (χ1) is 8.61. The van der Waals surface area contributed by atoms with Crippen LogP contribution in [0.3, 0.4) is 0 Å². The van der Waals surface area contributed by atoms with Gasteiger partial charge < -0.3 is 4.74 Å². The summed E-state index contributed by atoms with van der Waals surface area (Å²) in [5.41, 5.74) is 0. The van der Waals surface area contributed by atoms with Gasteiger partial charge in [0.05, 0.1) is 21.9 Å². The van der Waals surface area contributed by atoms with E-state index < -0.39 is 0 Å². The molecular weight excluding hydrogens is 270 g/mol. The van der Waals surface area contributed by atoms with Crippen LogP contribution in [0.5, 0.6) is 0 Å². The zero-order valence-electron chi connectivity index (χ0n) is 10.7. The third-order valence-electron chi connectivity index (χ3n) is 3.46. The van der Waals surface area contributed by atoms with Crippen LogP contribution in [-0.4, -0.2) is 43.5 Å². The van der Waals surface area contributed by atoms with Crippen molar-refractivity contribution in [3.05, 3.63) is 21.3 Å². The number of ketones is 1. The SMILES string of the molecule is COCC1CCN(C(C)C(=O)c2ccc(Cl)s2)C1. The Balaban J connectivity index is 1.95. The molecule has 2 heterocycles. The number of hydrogen-bond acceptors (Lipinski definition) is 4. The van der Waals surface area contributed by atoms with Crippen LogP contribution in [-0.2, 0) is 4.74 Å². The minimum Gasteiger partial charge on any atom is -0.384 e. The van der Waals surface area contributed by atoms with E-state index in [1.54, 1.807) is 13.2 Å². The number of likely N-dealkylation sites (tertiary alicyclic amines) is 1. The molecule has 100 valence electrons. The smallest absolute Gasteiger partial charge is 0.189 e. The van der Waals surface area contributed by atoms with Crippen molar-refractivity contribution in [3.8, 4) is 0 Å². The minimum absolute atomic E-state index is 0.0680. The second kappa shape index (κ2) is 6.15. The molecule has 0 saturated carbocycles. The Bertz CT molecular complexity index is 421. The number of ether oxygens (including phenoxy) is 1. The fraction of sp³-hybridized carbons (Fsp3) is 0.615. The fourth-order valence-corrected chi connectivity index (χ4v) is 3.47. The quantitative estimate of drug-likeness (QED) is 0.780. The fourth-order valence-electron chi connectivity index (χ4n) is 2.40. The van der Waals surface area contributed by atoms with Crippen LogP contribution >= 0.6 is 22.9 Å². The average Bonchev–Trinajstić information content (AvgIpc) is 2.97. The van der Waals surface area contributed by atoms with Crippen molar-refractivity contribution in [2.75, 3.05) is 26.8 Å². The number of methoxy groups -OCH3 is 1. The largest absolute Gasteiger partial charge is 0.384 e. The molecule has 1 saturated heterocycles. The highest BCUT2D eigenvalue weighted by Crippen LogP contribution is 2.25. The van der Waals surface area contributed by atoms with Gasteiger partial charge in [0.2, 0.25) is 0 Å². The minimum atomic E-state index is -0.0680. The molecule has 1 aliphatic rings. The molecule has 0 N–H and O–H groups in total. The predicted octanol–water partition coefficient (Wildman–Crippen LogP) is 2.94. The molecule has 0 spiro atoms. The summed E-state index contributed by atoms with van der Waals surface area (Å²) >= 11 is 7.23. The lowest BCUT2D eigenvalue weighted by Crippen LogP contribution is -2.37. The number of hydrogen-bond donors (Lipinski definition) is 0. The van der Waals surface area contributed by atoms with Crippen molar-refractivity contribution in [1.82, 2.24) is 4.90 Å². The maximum Gasteiger partial charge on any atom is 0.189 e. The van der Waals surface area contributed by atoms with Crippen LogP contribution in [0, 0.1) is 5.92 Å². The van der Waals surface area contributed by atoms with E-state index >= 15 is 0 Å². The van der Waals surface area contributed by atoms with Gasteiger partial charge in [-0.1, -0.05) is 11.6 Å². The third-order valence-corrected chi connectivity index (χ3v) is 4.71. The first kappa shape index (κ1) is 14.0. The van der Waals surface area contributed by atoms with Gasteiger partial charge in [0.15, 0.2) is 5.78 Å². The summed E-state index contributed by atoms with van der Waals surface area (Å²) in [6.07, 6.45) is 1.11. The Labute approximate surface area is 117 Å². The summed E-state index contributed by atoms with van der Waals surface area (Å²) in [5.74, 6) is 0.724. The molecule has 18 heavy (non-hydrogen) atoms. The molecule has 1 aromatic rings. The molecule has 5 heteroatoms. The van der Waals surface area contributed by atoms with Gasteiger partial charge in [0.25, 0.3) is 0 Å². The van der Waals surface area contributed by atoms with Crippen molar-refractivity contribution >= 4 is 28.7 Å². The Kier molecular flexibility index (Phi) is 4.78. The highest BCUT2D eigenvalue weighted by Gasteiger charge is 2.30. The van der Waals surface area contributed by atoms with Crippen LogP contribution in [0.4, 0.5) is 0 Å². The molecule has 2 rings (SSSR count). The number of rotatable bonds is 5. The molecule has 0 radical (unpaired) electrons. The highest BCUT2D eigenvalue weighted by molar-refractivity contribution is 7.18. The van der Waals surface area contributed by atoms with Crippen LogP contribution in [0.1, 0.15) is 23.0 Å². The summed E-state index contributed by atoms with van der Waals surface area (Å²) in [6, 6.07) is 3.53. The monoisotopic (exact) mass is 287 g/mol. The third kappa shape index (κ3) is 3.12. The van der Waals surface area contributed by atoms with Crippen molar-refractivity contribution in [2.24, 2.45) is 5.92 Å². The van der Waals surface area contributed by atoms with E-state index in [1.807, 2.05) is 13.0 Å². The second-order valence-electron chi connectivity index (χ2n) is 4.75. The maximum absolute atomic E-state index is 12.3. The zero-order chi connectivity index (χ0) is 13.1. The number of thiophene rings is 1. The normalized spacial score (nSPS) is 22.3. The Hall–Kier alpha value is -0.420. The zero-order valence-corrected chi connectivity index (χ0v) is 12.3. The van der Waals surface area contributed by atoms with Gasteiger partial charge in [-0.2, -0.15) is 0 Å². The molecular formula is C13H18ClNO2S. The number of carbonyl (C=O) groups is 1. The molecule has 2 atom stereocenters. The van der Waals surface area contributed by atoms with Gasteiger partial charge in [-0.3, -0.25) is 9.69 Å². The average molecular weight is 288 g/mol. The summed E-state index contributed by atoms with van der Waals surface area (Å²) in [7, 11) is 1.73. The molecule has 0 aliphatic carbocycles. The molecule has 3 nitrogen and oxygen atoms in total. The first-order valence-corrected chi connectivity index (χ1v) is 7.33. The summed E-state index contributed by atoms with van der Waals surface area (Å²) in [4.78, 5) is 15.3.